The summed E-state index contributed by atoms with van der Waals surface area (Å²) in [4.78, 5) is 13.4. The summed E-state index contributed by atoms with van der Waals surface area (Å²) < 4.78 is 0. The van der Waals surface area contributed by atoms with Crippen molar-refractivity contribution in [2.75, 3.05) is 25.1 Å². The topological polar surface area (TPSA) is 52.6 Å². The molecule has 1 aromatic carbocycles. The van der Waals surface area contributed by atoms with E-state index in [2.05, 4.69) is 30.5 Å². The van der Waals surface area contributed by atoms with Gasteiger partial charge in [-0.05, 0) is 42.2 Å². The number of rotatable bonds is 7. The number of nitrogens with zero attached hydrogens (tertiary/aromatic N) is 1. The summed E-state index contributed by atoms with van der Waals surface area (Å²) in [6, 6.07) is 10.0. The average Bonchev–Trinajstić information content (AvgIpc) is 3.26. The zero-order valence-electron chi connectivity index (χ0n) is 11.8. The highest BCUT2D eigenvalue weighted by Gasteiger charge is 2.39. The van der Waals surface area contributed by atoms with E-state index >= 15 is 0 Å². The van der Waals surface area contributed by atoms with E-state index in [4.69, 9.17) is 5.21 Å². The van der Waals surface area contributed by atoms with E-state index in [1.807, 2.05) is 6.07 Å². The maximum Gasteiger partial charge on any atom is 0.341 e. The van der Waals surface area contributed by atoms with E-state index in [0.717, 1.165) is 25.1 Å². The van der Waals surface area contributed by atoms with Gasteiger partial charge in [0.25, 0.3) is 0 Å². The number of benzene rings is 1. The molecule has 2 N–H and O–H groups in total. The number of thioether (sulfide) groups is 1. The zero-order chi connectivity index (χ0) is 14.4. The molecule has 110 valence electrons. The highest BCUT2D eigenvalue weighted by molar-refractivity contribution is 7.98. The molecule has 2 rings (SSSR count). The van der Waals surface area contributed by atoms with Gasteiger partial charge in [-0.1, -0.05) is 30.3 Å². The van der Waals surface area contributed by atoms with Gasteiger partial charge in [-0.2, -0.15) is 11.8 Å². The number of hydrogen-bond acceptors (Lipinski definition) is 3. The van der Waals surface area contributed by atoms with Crippen LogP contribution in [0.4, 0.5) is 4.79 Å². The van der Waals surface area contributed by atoms with Gasteiger partial charge in [0.2, 0.25) is 0 Å². The molecule has 2 amide bonds. The Morgan fingerprint density at radius 2 is 2.20 bits per heavy atom. The third-order valence-corrected chi connectivity index (χ3v) is 4.46. The van der Waals surface area contributed by atoms with Crippen molar-refractivity contribution in [2.24, 2.45) is 5.92 Å². The van der Waals surface area contributed by atoms with Crippen LogP contribution in [0.3, 0.4) is 0 Å². The average molecular weight is 294 g/mol. The van der Waals surface area contributed by atoms with E-state index in [-0.39, 0.29) is 6.03 Å². The maximum absolute atomic E-state index is 11.7. The van der Waals surface area contributed by atoms with Gasteiger partial charge in [-0.3, -0.25) is 5.21 Å². The van der Waals surface area contributed by atoms with Crippen molar-refractivity contribution >= 4 is 17.8 Å². The largest absolute Gasteiger partial charge is 0.341 e. The molecule has 0 aromatic heterocycles. The third kappa shape index (κ3) is 4.15. The van der Waals surface area contributed by atoms with Gasteiger partial charge in [-0.25, -0.2) is 10.3 Å². The number of hydrogen-bond donors (Lipinski definition) is 2. The molecule has 5 heteroatoms. The van der Waals surface area contributed by atoms with Gasteiger partial charge in [0.05, 0.1) is 0 Å². The molecule has 4 nitrogen and oxygen atoms in total. The summed E-state index contributed by atoms with van der Waals surface area (Å²) in [5.41, 5.74) is 3.11. The molecular weight excluding hydrogens is 272 g/mol. The van der Waals surface area contributed by atoms with E-state index < -0.39 is 0 Å². The van der Waals surface area contributed by atoms with Crippen molar-refractivity contribution in [3.05, 3.63) is 35.9 Å². The number of carbonyl (C=O) groups is 1. The molecule has 0 radical (unpaired) electrons. The lowest BCUT2D eigenvalue weighted by Gasteiger charge is -2.21. The van der Waals surface area contributed by atoms with Gasteiger partial charge in [0, 0.05) is 13.1 Å². The first-order chi connectivity index (χ1) is 9.76. The fourth-order valence-electron chi connectivity index (χ4n) is 2.59. The zero-order valence-corrected chi connectivity index (χ0v) is 12.6. The molecule has 1 aliphatic carbocycles. The molecule has 1 aliphatic rings. The van der Waals surface area contributed by atoms with Crippen LogP contribution in [0, 0.1) is 5.92 Å². The Morgan fingerprint density at radius 3 is 2.85 bits per heavy atom. The SMILES string of the molecule is CSCCCN(CC1CC1c1ccccc1)C(=O)NO. The van der Waals surface area contributed by atoms with Crippen LogP contribution < -0.4 is 5.48 Å². The minimum Gasteiger partial charge on any atom is -0.323 e. The summed E-state index contributed by atoms with van der Waals surface area (Å²) in [5, 5.41) is 8.83. The highest BCUT2D eigenvalue weighted by atomic mass is 32.2. The molecule has 20 heavy (non-hydrogen) atoms. The normalized spacial score (nSPS) is 20.5. The maximum atomic E-state index is 11.7. The van der Waals surface area contributed by atoms with Gasteiger partial charge in [-0.15, -0.1) is 0 Å². The first-order valence-corrected chi connectivity index (χ1v) is 8.38. The fourth-order valence-corrected chi connectivity index (χ4v) is 3.00. The van der Waals surface area contributed by atoms with Crippen LogP contribution in [0.2, 0.25) is 0 Å². The lowest BCUT2D eigenvalue weighted by molar-refractivity contribution is 0.127. The van der Waals surface area contributed by atoms with Crippen molar-refractivity contribution in [1.29, 1.82) is 0 Å². The van der Waals surface area contributed by atoms with Crippen LogP contribution in [0.25, 0.3) is 0 Å². The molecule has 1 aromatic rings. The Hall–Kier alpha value is -1.20. The second-order valence-electron chi connectivity index (χ2n) is 5.22. The Bertz CT molecular complexity index is 427. The second kappa shape index (κ2) is 7.55. The highest BCUT2D eigenvalue weighted by Crippen LogP contribution is 2.47. The van der Waals surface area contributed by atoms with Crippen molar-refractivity contribution in [3.63, 3.8) is 0 Å². The Labute approximate surface area is 124 Å². The first kappa shape index (κ1) is 15.2. The predicted octanol–water partition coefficient (Wildman–Crippen LogP) is 2.94. The fraction of sp³-hybridized carbons (Fsp3) is 0.533. The molecule has 2 unspecified atom stereocenters. The Balaban J connectivity index is 1.85. The minimum absolute atomic E-state index is 0.384. The molecule has 0 aliphatic heterocycles. The van der Waals surface area contributed by atoms with Crippen LogP contribution in [0.15, 0.2) is 30.3 Å². The van der Waals surface area contributed by atoms with Crippen LogP contribution in [0.5, 0.6) is 0 Å². The summed E-state index contributed by atoms with van der Waals surface area (Å²) in [7, 11) is 0. The van der Waals surface area contributed by atoms with Gasteiger partial charge < -0.3 is 4.90 Å². The monoisotopic (exact) mass is 294 g/mol. The summed E-state index contributed by atoms with van der Waals surface area (Å²) in [6.45, 7) is 1.42. The van der Waals surface area contributed by atoms with Crippen LogP contribution in [0.1, 0.15) is 24.3 Å². The quantitative estimate of drug-likeness (QED) is 0.462. The smallest absolute Gasteiger partial charge is 0.323 e. The van der Waals surface area contributed by atoms with Crippen LogP contribution >= 0.6 is 11.8 Å². The summed E-state index contributed by atoms with van der Waals surface area (Å²) >= 11 is 1.77. The molecule has 0 bridgehead atoms. The molecular formula is C15H22N2O2S. The van der Waals surface area contributed by atoms with E-state index in [0.29, 0.717) is 18.4 Å². The molecule has 0 spiro atoms. The van der Waals surface area contributed by atoms with E-state index in [1.165, 1.54) is 5.56 Å². The molecule has 2 atom stereocenters. The number of amides is 2. The van der Waals surface area contributed by atoms with Crippen molar-refractivity contribution < 1.29 is 10.0 Å². The Kier molecular flexibility index (Phi) is 5.73. The van der Waals surface area contributed by atoms with Gasteiger partial charge in [0.1, 0.15) is 0 Å². The molecule has 1 fully saturated rings. The standard InChI is InChI=1S/C15H22N2O2S/c1-20-9-5-8-17(15(18)16-19)11-13-10-14(13)12-6-3-2-4-7-12/h2-4,6-7,13-14,19H,5,8-11H2,1H3,(H,16,18). The van der Waals surface area contributed by atoms with Crippen LogP contribution in [-0.2, 0) is 0 Å². The Morgan fingerprint density at radius 1 is 1.45 bits per heavy atom. The third-order valence-electron chi connectivity index (χ3n) is 3.76. The van der Waals surface area contributed by atoms with Gasteiger partial charge >= 0.3 is 6.03 Å². The lowest BCUT2D eigenvalue weighted by atomic mass is 10.1. The molecule has 0 heterocycles. The molecule has 0 saturated heterocycles. The van der Waals surface area contributed by atoms with Gasteiger partial charge in [0.15, 0.2) is 0 Å². The van der Waals surface area contributed by atoms with E-state index in [9.17, 15) is 4.79 Å². The molecule has 1 saturated carbocycles. The minimum atomic E-state index is -0.384. The number of nitrogens with one attached hydrogen (secondary N) is 1. The van der Waals surface area contributed by atoms with E-state index in [1.54, 1.807) is 22.1 Å². The van der Waals surface area contributed by atoms with Crippen molar-refractivity contribution in [1.82, 2.24) is 10.4 Å². The van der Waals surface area contributed by atoms with Crippen molar-refractivity contribution in [2.45, 2.75) is 18.8 Å². The lowest BCUT2D eigenvalue weighted by Crippen LogP contribution is -2.40. The second-order valence-corrected chi connectivity index (χ2v) is 6.21. The summed E-state index contributed by atoms with van der Waals surface area (Å²) in [5.74, 6) is 2.11. The van der Waals surface area contributed by atoms with Crippen LogP contribution in [-0.4, -0.2) is 41.2 Å². The number of urea groups is 1. The van der Waals surface area contributed by atoms with Crippen molar-refractivity contribution in [3.8, 4) is 0 Å². The number of hydroxylamine groups is 1. The summed E-state index contributed by atoms with van der Waals surface area (Å²) in [6.07, 6.45) is 4.14. The predicted molar refractivity (Wildman–Crippen MR) is 82.2 cm³/mol. The number of carbonyl (C=O) groups excluding carboxylic acids is 1. The first-order valence-electron chi connectivity index (χ1n) is 6.99.